The Balaban J connectivity index is 1.87. The van der Waals surface area contributed by atoms with Crippen molar-refractivity contribution >= 4 is 18.0 Å². The van der Waals surface area contributed by atoms with Crippen molar-refractivity contribution in [3.63, 3.8) is 0 Å². The van der Waals surface area contributed by atoms with Crippen LogP contribution in [-0.2, 0) is 30.2 Å². The van der Waals surface area contributed by atoms with E-state index in [4.69, 9.17) is 14.2 Å². The number of hydrogen-bond donors (Lipinski definition) is 0. The standard InChI is InChI=1S/C22H22O5/c1-2-3-14-25-21(24)22(16-18-12-8-5-9-13-18)26-19(20(23)27-22)15-17-10-6-4-7-11-17/h4-13,15H,2-3,14,16H2,1H3/b19-15+/t22-/m0/s1. The Kier molecular flexibility index (Phi) is 5.91. The van der Waals surface area contributed by atoms with Crippen LogP contribution in [0, 0.1) is 0 Å². The summed E-state index contributed by atoms with van der Waals surface area (Å²) >= 11 is 0. The summed E-state index contributed by atoms with van der Waals surface area (Å²) in [5, 5.41) is 0. The molecule has 0 radical (unpaired) electrons. The molecule has 0 spiro atoms. The molecule has 140 valence electrons. The third-order valence-corrected chi connectivity index (χ3v) is 4.15. The number of unbranched alkanes of at least 4 members (excludes halogenated alkanes) is 1. The molecular weight excluding hydrogens is 344 g/mol. The number of benzene rings is 2. The van der Waals surface area contributed by atoms with Crippen LogP contribution in [0.2, 0.25) is 0 Å². The first-order valence-corrected chi connectivity index (χ1v) is 9.03. The van der Waals surface area contributed by atoms with E-state index in [2.05, 4.69) is 0 Å². The smallest absolute Gasteiger partial charge is 0.393 e. The Bertz CT molecular complexity index is 813. The molecule has 1 fully saturated rings. The van der Waals surface area contributed by atoms with Crippen molar-refractivity contribution in [1.82, 2.24) is 0 Å². The highest BCUT2D eigenvalue weighted by molar-refractivity contribution is 5.97. The van der Waals surface area contributed by atoms with Gasteiger partial charge in [-0.3, -0.25) is 0 Å². The Morgan fingerprint density at radius 3 is 2.37 bits per heavy atom. The van der Waals surface area contributed by atoms with E-state index < -0.39 is 17.7 Å². The number of hydrogen-bond acceptors (Lipinski definition) is 5. The molecule has 0 bridgehead atoms. The molecule has 0 saturated carbocycles. The van der Waals surface area contributed by atoms with Crippen LogP contribution in [0.15, 0.2) is 66.4 Å². The zero-order chi connectivity index (χ0) is 19.1. The molecule has 1 saturated heterocycles. The Morgan fingerprint density at radius 2 is 1.70 bits per heavy atom. The maximum Gasteiger partial charge on any atom is 0.393 e. The first-order chi connectivity index (χ1) is 13.1. The van der Waals surface area contributed by atoms with Crippen molar-refractivity contribution in [2.24, 2.45) is 0 Å². The molecule has 5 nitrogen and oxygen atoms in total. The number of rotatable bonds is 7. The highest BCUT2D eigenvalue weighted by atomic mass is 16.8. The zero-order valence-electron chi connectivity index (χ0n) is 15.2. The summed E-state index contributed by atoms with van der Waals surface area (Å²) in [7, 11) is 0. The van der Waals surface area contributed by atoms with Crippen molar-refractivity contribution < 1.29 is 23.8 Å². The predicted octanol–water partition coefficient (Wildman–Crippen LogP) is 3.88. The van der Waals surface area contributed by atoms with E-state index in [9.17, 15) is 9.59 Å². The van der Waals surface area contributed by atoms with Crippen LogP contribution in [0.25, 0.3) is 6.08 Å². The molecule has 5 heteroatoms. The van der Waals surface area contributed by atoms with Crippen LogP contribution in [0.1, 0.15) is 30.9 Å². The van der Waals surface area contributed by atoms with Gasteiger partial charge in [0, 0.05) is 0 Å². The second-order valence-electron chi connectivity index (χ2n) is 6.32. The minimum absolute atomic E-state index is 0.00965. The van der Waals surface area contributed by atoms with E-state index in [0.717, 1.165) is 24.0 Å². The average Bonchev–Trinajstić information content (AvgIpc) is 2.99. The van der Waals surface area contributed by atoms with Gasteiger partial charge in [-0.05, 0) is 23.6 Å². The van der Waals surface area contributed by atoms with Crippen LogP contribution in [-0.4, -0.2) is 24.3 Å². The van der Waals surface area contributed by atoms with Crippen molar-refractivity contribution in [2.75, 3.05) is 6.61 Å². The lowest BCUT2D eigenvalue weighted by Gasteiger charge is -2.24. The lowest BCUT2D eigenvalue weighted by molar-refractivity contribution is -0.205. The number of ether oxygens (including phenoxy) is 3. The summed E-state index contributed by atoms with van der Waals surface area (Å²) in [4.78, 5) is 25.1. The van der Waals surface area contributed by atoms with Crippen LogP contribution in [0.5, 0.6) is 0 Å². The maximum absolute atomic E-state index is 12.7. The summed E-state index contributed by atoms with van der Waals surface area (Å²) < 4.78 is 16.5. The average molecular weight is 366 g/mol. The predicted molar refractivity (Wildman–Crippen MR) is 100 cm³/mol. The molecule has 1 heterocycles. The minimum atomic E-state index is -1.80. The van der Waals surface area contributed by atoms with Gasteiger partial charge in [0.2, 0.25) is 5.76 Å². The number of cyclic esters (lactones) is 1. The lowest BCUT2D eigenvalue weighted by Crippen LogP contribution is -2.44. The summed E-state index contributed by atoms with van der Waals surface area (Å²) in [6.07, 6.45) is 3.26. The van der Waals surface area contributed by atoms with E-state index in [1.165, 1.54) is 0 Å². The molecule has 0 N–H and O–H groups in total. The molecule has 0 aliphatic carbocycles. The molecule has 0 unspecified atom stereocenters. The van der Waals surface area contributed by atoms with E-state index >= 15 is 0 Å². The third-order valence-electron chi connectivity index (χ3n) is 4.15. The molecular formula is C22H22O5. The Labute approximate surface area is 158 Å². The molecule has 1 atom stereocenters. The van der Waals surface area contributed by atoms with Gasteiger partial charge >= 0.3 is 17.7 Å². The van der Waals surface area contributed by atoms with Gasteiger partial charge < -0.3 is 14.2 Å². The fourth-order valence-corrected chi connectivity index (χ4v) is 2.74. The van der Waals surface area contributed by atoms with Gasteiger partial charge in [-0.2, -0.15) is 0 Å². The normalized spacial score (nSPS) is 20.2. The number of carbonyl (C=O) groups is 2. The van der Waals surface area contributed by atoms with Crippen molar-refractivity contribution in [2.45, 2.75) is 32.0 Å². The molecule has 2 aromatic carbocycles. The van der Waals surface area contributed by atoms with Crippen molar-refractivity contribution in [1.29, 1.82) is 0 Å². The van der Waals surface area contributed by atoms with E-state index in [-0.39, 0.29) is 18.8 Å². The van der Waals surface area contributed by atoms with Gasteiger partial charge in [-0.1, -0.05) is 74.0 Å². The van der Waals surface area contributed by atoms with Crippen LogP contribution in [0.3, 0.4) is 0 Å². The van der Waals surface area contributed by atoms with E-state index in [0.29, 0.717) is 0 Å². The molecule has 27 heavy (non-hydrogen) atoms. The Morgan fingerprint density at radius 1 is 1.04 bits per heavy atom. The largest absolute Gasteiger partial charge is 0.460 e. The topological polar surface area (TPSA) is 61.8 Å². The maximum atomic E-state index is 12.7. The molecule has 2 aromatic rings. The summed E-state index contributed by atoms with van der Waals surface area (Å²) in [6.45, 7) is 2.25. The Hall–Kier alpha value is -3.08. The van der Waals surface area contributed by atoms with Gasteiger partial charge in [-0.15, -0.1) is 0 Å². The zero-order valence-corrected chi connectivity index (χ0v) is 15.2. The van der Waals surface area contributed by atoms with Gasteiger partial charge in [0.15, 0.2) is 0 Å². The summed E-state index contributed by atoms with van der Waals surface area (Å²) in [5.41, 5.74) is 1.58. The summed E-state index contributed by atoms with van der Waals surface area (Å²) in [6, 6.07) is 18.5. The van der Waals surface area contributed by atoms with Gasteiger partial charge in [0.05, 0.1) is 13.0 Å². The molecule has 1 aliphatic heterocycles. The van der Waals surface area contributed by atoms with E-state index in [1.54, 1.807) is 6.08 Å². The second kappa shape index (κ2) is 8.54. The quantitative estimate of drug-likeness (QED) is 0.423. The first kappa shape index (κ1) is 18.7. The number of esters is 2. The molecule has 0 amide bonds. The molecule has 1 aliphatic rings. The second-order valence-corrected chi connectivity index (χ2v) is 6.32. The van der Waals surface area contributed by atoms with Gasteiger partial charge in [0.1, 0.15) is 0 Å². The SMILES string of the molecule is CCCCOC(=O)[C@]1(Cc2ccccc2)OC(=O)/C(=C\c2ccccc2)O1. The highest BCUT2D eigenvalue weighted by Crippen LogP contribution is 2.33. The van der Waals surface area contributed by atoms with Crippen LogP contribution < -0.4 is 0 Å². The van der Waals surface area contributed by atoms with Gasteiger partial charge in [0.25, 0.3) is 0 Å². The highest BCUT2D eigenvalue weighted by Gasteiger charge is 2.54. The fraction of sp³-hybridized carbons (Fsp3) is 0.273. The third kappa shape index (κ3) is 4.56. The molecule has 0 aromatic heterocycles. The molecule has 3 rings (SSSR count). The van der Waals surface area contributed by atoms with E-state index in [1.807, 2.05) is 67.6 Å². The van der Waals surface area contributed by atoms with Crippen LogP contribution in [0.4, 0.5) is 0 Å². The minimum Gasteiger partial charge on any atom is -0.460 e. The monoisotopic (exact) mass is 366 g/mol. The first-order valence-electron chi connectivity index (χ1n) is 9.03. The fourth-order valence-electron chi connectivity index (χ4n) is 2.74. The van der Waals surface area contributed by atoms with Crippen molar-refractivity contribution in [3.8, 4) is 0 Å². The van der Waals surface area contributed by atoms with Gasteiger partial charge in [-0.25, -0.2) is 9.59 Å². The van der Waals surface area contributed by atoms with Crippen molar-refractivity contribution in [3.05, 3.63) is 77.5 Å². The lowest BCUT2D eigenvalue weighted by atomic mass is 10.1. The number of carbonyl (C=O) groups excluding carboxylic acids is 2. The summed E-state index contributed by atoms with van der Waals surface area (Å²) in [5.74, 6) is -3.18. The van der Waals surface area contributed by atoms with Crippen LogP contribution >= 0.6 is 0 Å².